The third-order valence-corrected chi connectivity index (χ3v) is 2.14. The Morgan fingerprint density at radius 3 is 1.84 bits per heavy atom. The first-order valence-corrected chi connectivity index (χ1v) is 5.94. The molecule has 0 aliphatic heterocycles. The Balaban J connectivity index is 2.75. The van der Waals surface area contributed by atoms with E-state index in [0.717, 1.165) is 0 Å². The molecule has 0 amide bonds. The van der Waals surface area contributed by atoms with Crippen molar-refractivity contribution in [1.29, 1.82) is 0 Å². The van der Waals surface area contributed by atoms with Crippen LogP contribution in [0.5, 0.6) is 11.5 Å². The summed E-state index contributed by atoms with van der Waals surface area (Å²) in [4.78, 5) is 10.9. The number of hydrogen-bond acceptors (Lipinski definition) is 6. The first-order valence-electron chi connectivity index (χ1n) is 5.94. The first-order chi connectivity index (χ1) is 9.17. The van der Waals surface area contributed by atoms with Crippen LogP contribution in [0.1, 0.15) is 24.2 Å². The number of carboxylic acid groups (broad SMARTS) is 1. The fourth-order valence-electron chi connectivity index (χ4n) is 1.24. The molecule has 19 heavy (non-hydrogen) atoms. The van der Waals surface area contributed by atoms with Crippen molar-refractivity contribution in [3.05, 3.63) is 23.8 Å². The summed E-state index contributed by atoms with van der Waals surface area (Å²) < 4.78 is 20.6. The fourth-order valence-corrected chi connectivity index (χ4v) is 1.24. The molecule has 6 nitrogen and oxygen atoms in total. The van der Waals surface area contributed by atoms with Crippen molar-refractivity contribution < 1.29 is 28.8 Å². The van der Waals surface area contributed by atoms with Gasteiger partial charge in [0.1, 0.15) is 11.5 Å². The third-order valence-electron chi connectivity index (χ3n) is 2.14. The smallest absolute Gasteiger partial charge is 0.189 e. The minimum atomic E-state index is -1.30. The molecule has 106 valence electrons. The molecule has 0 aromatic heterocycles. The van der Waals surface area contributed by atoms with Crippen molar-refractivity contribution in [2.24, 2.45) is 0 Å². The molecular weight excluding hydrogens is 252 g/mol. The van der Waals surface area contributed by atoms with E-state index in [2.05, 4.69) is 0 Å². The Kier molecular flexibility index (Phi) is 6.70. The van der Waals surface area contributed by atoms with Gasteiger partial charge in [0, 0.05) is 24.8 Å². The van der Waals surface area contributed by atoms with Crippen LogP contribution in [-0.4, -0.2) is 32.8 Å². The van der Waals surface area contributed by atoms with E-state index in [9.17, 15) is 9.90 Å². The van der Waals surface area contributed by atoms with Crippen molar-refractivity contribution in [2.75, 3.05) is 26.8 Å². The molecule has 1 aromatic rings. The molecule has 0 atom stereocenters. The molecule has 0 bridgehead atoms. The summed E-state index contributed by atoms with van der Waals surface area (Å²) in [5.41, 5.74) is -0.0273. The molecule has 0 heterocycles. The van der Waals surface area contributed by atoms with E-state index in [1.54, 1.807) is 6.07 Å². The molecule has 0 spiro atoms. The number of aromatic carboxylic acids is 1. The average Bonchev–Trinajstić information content (AvgIpc) is 2.39. The topological polar surface area (TPSA) is 77.0 Å². The lowest BCUT2D eigenvalue weighted by molar-refractivity contribution is -0.255. The van der Waals surface area contributed by atoms with Crippen molar-refractivity contribution in [1.82, 2.24) is 0 Å². The molecular formula is C13H17O6-. The monoisotopic (exact) mass is 269 g/mol. The van der Waals surface area contributed by atoms with Crippen LogP contribution in [0.2, 0.25) is 0 Å². The quantitative estimate of drug-likeness (QED) is 0.487. The van der Waals surface area contributed by atoms with E-state index < -0.39 is 5.97 Å². The molecule has 0 aliphatic rings. The van der Waals surface area contributed by atoms with Gasteiger partial charge < -0.3 is 28.8 Å². The van der Waals surface area contributed by atoms with Crippen LogP contribution < -0.4 is 14.6 Å². The molecule has 0 radical (unpaired) electrons. The minimum absolute atomic E-state index is 0.0273. The number of ether oxygens (including phenoxy) is 4. The highest BCUT2D eigenvalue weighted by Crippen LogP contribution is 2.23. The summed E-state index contributed by atoms with van der Waals surface area (Å²) in [7, 11) is 0. The van der Waals surface area contributed by atoms with Crippen molar-refractivity contribution in [2.45, 2.75) is 13.8 Å². The van der Waals surface area contributed by atoms with Gasteiger partial charge in [0.2, 0.25) is 0 Å². The zero-order chi connectivity index (χ0) is 14.1. The molecule has 0 unspecified atom stereocenters. The van der Waals surface area contributed by atoms with Crippen LogP contribution in [0.15, 0.2) is 18.2 Å². The summed E-state index contributed by atoms with van der Waals surface area (Å²) in [5.74, 6) is -0.633. The van der Waals surface area contributed by atoms with Gasteiger partial charge in [0.25, 0.3) is 0 Å². The van der Waals surface area contributed by atoms with E-state index in [1.165, 1.54) is 12.1 Å². The van der Waals surface area contributed by atoms with Crippen molar-refractivity contribution in [3.8, 4) is 11.5 Å². The molecule has 6 heteroatoms. The molecule has 0 fully saturated rings. The molecule has 1 aromatic carbocycles. The summed E-state index contributed by atoms with van der Waals surface area (Å²) in [6.07, 6.45) is 0. The summed E-state index contributed by atoms with van der Waals surface area (Å²) in [6, 6.07) is 4.26. The number of carboxylic acids is 1. The van der Waals surface area contributed by atoms with Gasteiger partial charge in [-0.05, 0) is 26.0 Å². The van der Waals surface area contributed by atoms with Crippen LogP contribution in [-0.2, 0) is 9.47 Å². The highest BCUT2D eigenvalue weighted by atomic mass is 16.7. The summed E-state index contributed by atoms with van der Waals surface area (Å²) in [5, 5.41) is 10.9. The lowest BCUT2D eigenvalue weighted by Crippen LogP contribution is -2.22. The second-order valence-corrected chi connectivity index (χ2v) is 3.49. The Bertz CT molecular complexity index is 376. The van der Waals surface area contributed by atoms with Crippen molar-refractivity contribution in [3.63, 3.8) is 0 Å². The highest BCUT2D eigenvalue weighted by molar-refractivity contribution is 5.86. The van der Waals surface area contributed by atoms with E-state index in [1.807, 2.05) is 13.8 Å². The van der Waals surface area contributed by atoms with Gasteiger partial charge in [0.15, 0.2) is 13.6 Å². The normalized spacial score (nSPS) is 10.2. The summed E-state index contributed by atoms with van der Waals surface area (Å²) in [6.45, 7) is 4.76. The fraction of sp³-hybridized carbons (Fsp3) is 0.462. The van der Waals surface area contributed by atoms with Gasteiger partial charge in [0.05, 0.1) is 5.97 Å². The van der Waals surface area contributed by atoms with Gasteiger partial charge in [-0.15, -0.1) is 0 Å². The molecule has 0 N–H and O–H groups in total. The number of benzene rings is 1. The second-order valence-electron chi connectivity index (χ2n) is 3.49. The second kappa shape index (κ2) is 8.34. The van der Waals surface area contributed by atoms with Gasteiger partial charge in [-0.25, -0.2) is 0 Å². The van der Waals surface area contributed by atoms with E-state index in [-0.39, 0.29) is 19.1 Å². The zero-order valence-electron chi connectivity index (χ0n) is 11.0. The maximum Gasteiger partial charge on any atom is 0.189 e. The van der Waals surface area contributed by atoms with Gasteiger partial charge in [-0.1, -0.05) is 0 Å². The highest BCUT2D eigenvalue weighted by Gasteiger charge is 2.04. The van der Waals surface area contributed by atoms with Crippen LogP contribution >= 0.6 is 0 Å². The minimum Gasteiger partial charge on any atom is -0.545 e. The average molecular weight is 269 g/mol. The van der Waals surface area contributed by atoms with E-state index in [0.29, 0.717) is 24.7 Å². The molecule has 0 saturated carbocycles. The third kappa shape index (κ3) is 5.58. The number of carbonyl (C=O) groups excluding carboxylic acids is 1. The number of carbonyl (C=O) groups is 1. The van der Waals surface area contributed by atoms with Gasteiger partial charge >= 0.3 is 0 Å². The lowest BCUT2D eigenvalue weighted by Gasteiger charge is -2.12. The largest absolute Gasteiger partial charge is 0.545 e. The molecule has 0 aliphatic carbocycles. The van der Waals surface area contributed by atoms with E-state index >= 15 is 0 Å². The Hall–Kier alpha value is -1.79. The summed E-state index contributed by atoms with van der Waals surface area (Å²) >= 11 is 0. The van der Waals surface area contributed by atoms with Crippen LogP contribution in [0.25, 0.3) is 0 Å². The zero-order valence-corrected chi connectivity index (χ0v) is 11.0. The Morgan fingerprint density at radius 2 is 1.47 bits per heavy atom. The van der Waals surface area contributed by atoms with Gasteiger partial charge in [-0.2, -0.15) is 0 Å². The van der Waals surface area contributed by atoms with Crippen LogP contribution in [0.4, 0.5) is 0 Å². The number of rotatable bonds is 9. The standard InChI is InChI=1S/C13H18O6/c1-3-16-8-18-11-5-10(13(14)15)6-12(7-11)19-9-17-4-2/h5-7H,3-4,8-9H2,1-2H3,(H,14,15)/p-1. The van der Waals surface area contributed by atoms with Crippen molar-refractivity contribution >= 4 is 5.97 Å². The first kappa shape index (κ1) is 15.3. The van der Waals surface area contributed by atoms with Crippen LogP contribution in [0.3, 0.4) is 0 Å². The van der Waals surface area contributed by atoms with Gasteiger partial charge in [-0.3, -0.25) is 0 Å². The predicted molar refractivity (Wildman–Crippen MR) is 65.0 cm³/mol. The maximum absolute atomic E-state index is 10.9. The Morgan fingerprint density at radius 1 is 1.00 bits per heavy atom. The van der Waals surface area contributed by atoms with E-state index in [4.69, 9.17) is 18.9 Å². The number of hydrogen-bond donors (Lipinski definition) is 0. The van der Waals surface area contributed by atoms with Crippen LogP contribution in [0, 0.1) is 0 Å². The molecule has 0 saturated heterocycles. The maximum atomic E-state index is 10.9. The Labute approximate surface area is 111 Å². The SMILES string of the molecule is CCOCOc1cc(OCOCC)cc(C(=O)[O-])c1. The predicted octanol–water partition coefficient (Wildman–Crippen LogP) is 0.796. The molecule has 1 rings (SSSR count). The lowest BCUT2D eigenvalue weighted by atomic mass is 10.2.